The molecule has 0 aliphatic heterocycles. The number of rotatable bonds is 5. The van der Waals surface area contributed by atoms with Crippen LogP contribution in [-0.4, -0.2) is 19.0 Å². The first-order chi connectivity index (χ1) is 7.56. The molecule has 16 heavy (non-hydrogen) atoms. The highest BCUT2D eigenvalue weighted by atomic mass is 35.5. The number of Topliss-reactive ketones (excluding diaryl/α,β-unsaturated/α-hetero) is 1. The minimum Gasteiger partial charge on any atom is -0.373 e. The Hall–Kier alpha value is -1.00. The number of hydrogen-bond donors (Lipinski definition) is 0. The average molecular weight is 249 g/mol. The molecule has 1 aromatic carbocycles. The molecule has 1 aromatic rings. The zero-order valence-corrected chi connectivity index (χ0v) is 9.48. The van der Waals surface area contributed by atoms with Crippen molar-refractivity contribution < 1.29 is 18.3 Å². The van der Waals surface area contributed by atoms with E-state index in [1.54, 1.807) is 0 Å². The normalized spacial score (nSPS) is 10.5. The molecule has 1 rings (SSSR count). The Labute approximate surface area is 97.2 Å². The molecule has 0 heterocycles. The van der Waals surface area contributed by atoms with Crippen LogP contribution in [0.3, 0.4) is 0 Å². The van der Waals surface area contributed by atoms with E-state index < -0.39 is 17.4 Å². The quantitative estimate of drug-likeness (QED) is 0.454. The summed E-state index contributed by atoms with van der Waals surface area (Å²) < 4.78 is 31.2. The van der Waals surface area contributed by atoms with Gasteiger partial charge in [-0.3, -0.25) is 4.79 Å². The first-order valence-corrected chi connectivity index (χ1v) is 5.19. The summed E-state index contributed by atoms with van der Waals surface area (Å²) in [6.07, 6.45) is 0.755. The van der Waals surface area contributed by atoms with E-state index in [1.165, 1.54) is 0 Å². The minimum absolute atomic E-state index is 0.258. The topological polar surface area (TPSA) is 26.3 Å². The van der Waals surface area contributed by atoms with E-state index >= 15 is 0 Å². The van der Waals surface area contributed by atoms with E-state index in [4.69, 9.17) is 16.3 Å². The Morgan fingerprint density at radius 1 is 1.38 bits per heavy atom. The van der Waals surface area contributed by atoms with Gasteiger partial charge >= 0.3 is 0 Å². The second-order valence-corrected chi connectivity index (χ2v) is 3.63. The summed E-state index contributed by atoms with van der Waals surface area (Å²) in [6, 6.07) is 1.57. The lowest BCUT2D eigenvalue weighted by Crippen LogP contribution is -2.12. The van der Waals surface area contributed by atoms with Crippen molar-refractivity contribution in [1.29, 1.82) is 0 Å². The van der Waals surface area contributed by atoms with Crippen LogP contribution in [0.1, 0.15) is 23.7 Å². The predicted octanol–water partition coefficient (Wildman–Crippen LogP) is 3.23. The molecule has 0 saturated carbocycles. The van der Waals surface area contributed by atoms with Crippen LogP contribution >= 0.6 is 11.6 Å². The van der Waals surface area contributed by atoms with Crippen LogP contribution in [-0.2, 0) is 4.74 Å². The standard InChI is InChI=1S/C11H11ClF2O2/c1-2-3-16-6-11(15)7-4-10(14)8(12)5-9(7)13/h4-5H,2-3,6H2,1H3. The third kappa shape index (κ3) is 3.25. The SMILES string of the molecule is CCCOCC(=O)c1cc(F)c(Cl)cc1F. The monoisotopic (exact) mass is 248 g/mol. The maximum atomic E-state index is 13.3. The zero-order valence-electron chi connectivity index (χ0n) is 8.73. The number of benzene rings is 1. The highest BCUT2D eigenvalue weighted by Crippen LogP contribution is 2.19. The molecule has 2 nitrogen and oxygen atoms in total. The van der Waals surface area contributed by atoms with E-state index in [0.29, 0.717) is 6.61 Å². The van der Waals surface area contributed by atoms with E-state index in [-0.39, 0.29) is 17.2 Å². The predicted molar refractivity (Wildman–Crippen MR) is 56.8 cm³/mol. The average Bonchev–Trinajstić information content (AvgIpc) is 2.23. The van der Waals surface area contributed by atoms with Gasteiger partial charge in [0, 0.05) is 6.61 Å². The van der Waals surface area contributed by atoms with Crippen molar-refractivity contribution in [3.63, 3.8) is 0 Å². The molecule has 0 spiro atoms. The van der Waals surface area contributed by atoms with Crippen LogP contribution in [0.15, 0.2) is 12.1 Å². The fraction of sp³-hybridized carbons (Fsp3) is 0.364. The molecular weight excluding hydrogens is 238 g/mol. The lowest BCUT2D eigenvalue weighted by Gasteiger charge is -2.04. The fourth-order valence-corrected chi connectivity index (χ4v) is 1.27. The lowest BCUT2D eigenvalue weighted by atomic mass is 10.1. The smallest absolute Gasteiger partial charge is 0.191 e. The highest BCUT2D eigenvalue weighted by Gasteiger charge is 2.15. The summed E-state index contributed by atoms with van der Waals surface area (Å²) in [5.41, 5.74) is -0.335. The first kappa shape index (κ1) is 13.1. The Balaban J connectivity index is 2.79. The number of halogens is 3. The zero-order chi connectivity index (χ0) is 12.1. The summed E-state index contributed by atoms with van der Waals surface area (Å²) in [4.78, 5) is 11.4. The second kappa shape index (κ2) is 5.92. The Kier molecular flexibility index (Phi) is 4.83. The number of carbonyl (C=O) groups is 1. The van der Waals surface area contributed by atoms with Crippen LogP contribution in [0.4, 0.5) is 8.78 Å². The lowest BCUT2D eigenvalue weighted by molar-refractivity contribution is 0.0757. The molecule has 0 saturated heterocycles. The first-order valence-electron chi connectivity index (χ1n) is 4.81. The third-order valence-electron chi connectivity index (χ3n) is 1.89. The molecule has 5 heteroatoms. The molecule has 0 unspecified atom stereocenters. The highest BCUT2D eigenvalue weighted by molar-refractivity contribution is 6.30. The Morgan fingerprint density at radius 2 is 2.06 bits per heavy atom. The number of ether oxygens (including phenoxy) is 1. The number of ketones is 1. The second-order valence-electron chi connectivity index (χ2n) is 3.22. The van der Waals surface area contributed by atoms with Crippen LogP contribution in [0.2, 0.25) is 5.02 Å². The fourth-order valence-electron chi connectivity index (χ4n) is 1.12. The van der Waals surface area contributed by atoms with Crippen molar-refractivity contribution in [3.8, 4) is 0 Å². The van der Waals surface area contributed by atoms with Gasteiger partial charge in [-0.2, -0.15) is 0 Å². The molecule has 0 aliphatic rings. The van der Waals surface area contributed by atoms with Crippen molar-refractivity contribution in [3.05, 3.63) is 34.4 Å². The van der Waals surface area contributed by atoms with Crippen molar-refractivity contribution in [2.45, 2.75) is 13.3 Å². The van der Waals surface area contributed by atoms with Gasteiger partial charge in [-0.1, -0.05) is 18.5 Å². The molecule has 0 atom stereocenters. The van der Waals surface area contributed by atoms with E-state index in [0.717, 1.165) is 18.6 Å². The van der Waals surface area contributed by atoms with Gasteiger partial charge < -0.3 is 4.74 Å². The summed E-state index contributed by atoms with van der Waals surface area (Å²) in [5.74, 6) is -2.25. The third-order valence-corrected chi connectivity index (χ3v) is 2.18. The van der Waals surface area contributed by atoms with Crippen LogP contribution in [0, 0.1) is 11.6 Å². The van der Waals surface area contributed by atoms with E-state index in [9.17, 15) is 13.6 Å². The molecule has 88 valence electrons. The van der Waals surface area contributed by atoms with Gasteiger partial charge in [0.1, 0.15) is 18.2 Å². The molecular formula is C11H11ClF2O2. The molecule has 0 aliphatic carbocycles. The summed E-state index contributed by atoms with van der Waals surface area (Å²) in [7, 11) is 0. The molecule has 0 aromatic heterocycles. The van der Waals surface area contributed by atoms with Gasteiger partial charge in [-0.15, -0.1) is 0 Å². The van der Waals surface area contributed by atoms with Crippen molar-refractivity contribution >= 4 is 17.4 Å². The number of carbonyl (C=O) groups excluding carboxylic acids is 1. The van der Waals surface area contributed by atoms with Crippen molar-refractivity contribution in [2.24, 2.45) is 0 Å². The maximum absolute atomic E-state index is 13.3. The van der Waals surface area contributed by atoms with Crippen molar-refractivity contribution in [2.75, 3.05) is 13.2 Å². The molecule has 0 amide bonds. The van der Waals surface area contributed by atoms with Gasteiger partial charge in [-0.25, -0.2) is 8.78 Å². The van der Waals surface area contributed by atoms with E-state index in [1.807, 2.05) is 6.92 Å². The molecule has 0 N–H and O–H groups in total. The molecule has 0 fully saturated rings. The van der Waals surface area contributed by atoms with Crippen LogP contribution < -0.4 is 0 Å². The minimum atomic E-state index is -0.837. The number of hydrogen-bond acceptors (Lipinski definition) is 2. The maximum Gasteiger partial charge on any atom is 0.191 e. The van der Waals surface area contributed by atoms with Gasteiger partial charge in [0.2, 0.25) is 0 Å². The van der Waals surface area contributed by atoms with E-state index in [2.05, 4.69) is 0 Å². The van der Waals surface area contributed by atoms with Gasteiger partial charge in [0.05, 0.1) is 10.6 Å². The van der Waals surface area contributed by atoms with Gasteiger partial charge in [0.25, 0.3) is 0 Å². The van der Waals surface area contributed by atoms with Gasteiger partial charge in [-0.05, 0) is 18.6 Å². The van der Waals surface area contributed by atoms with Crippen LogP contribution in [0.5, 0.6) is 0 Å². The Bertz CT molecular complexity index is 394. The summed E-state index contributed by atoms with van der Waals surface area (Å²) in [6.45, 7) is 2.03. The van der Waals surface area contributed by atoms with Gasteiger partial charge in [0.15, 0.2) is 5.78 Å². The Morgan fingerprint density at radius 3 is 2.69 bits per heavy atom. The largest absolute Gasteiger partial charge is 0.373 e. The van der Waals surface area contributed by atoms with Crippen molar-refractivity contribution in [1.82, 2.24) is 0 Å². The van der Waals surface area contributed by atoms with Crippen LogP contribution in [0.25, 0.3) is 0 Å². The summed E-state index contributed by atoms with van der Waals surface area (Å²) >= 11 is 5.36. The molecule has 0 bridgehead atoms. The molecule has 0 radical (unpaired) electrons. The summed E-state index contributed by atoms with van der Waals surface area (Å²) in [5, 5.41) is -0.344.